The van der Waals surface area contributed by atoms with Crippen molar-refractivity contribution in [1.29, 1.82) is 0 Å². The van der Waals surface area contributed by atoms with Crippen molar-refractivity contribution in [2.24, 2.45) is 5.92 Å². The van der Waals surface area contributed by atoms with Crippen molar-refractivity contribution in [3.63, 3.8) is 0 Å². The molecule has 1 atom stereocenters. The number of thioether (sulfide) groups is 1. The average Bonchev–Trinajstić information content (AvgIpc) is 2.45. The van der Waals surface area contributed by atoms with Crippen LogP contribution >= 0.6 is 11.8 Å². The van der Waals surface area contributed by atoms with Crippen molar-refractivity contribution in [2.45, 2.75) is 44.7 Å². The zero-order chi connectivity index (χ0) is 15.2. The third-order valence-electron chi connectivity index (χ3n) is 3.53. The minimum absolute atomic E-state index is 0.114. The second-order valence-corrected chi connectivity index (χ2v) is 6.37. The normalized spacial score (nSPS) is 22.7. The van der Waals surface area contributed by atoms with Gasteiger partial charge in [-0.05, 0) is 43.5 Å². The fraction of sp³-hybridized carbons (Fsp3) is 0.625. The second kappa shape index (κ2) is 8.03. The Bertz CT molecular complexity index is 442. The minimum atomic E-state index is -0.247. The number of rotatable bonds is 8. The molecule has 0 unspecified atom stereocenters. The lowest BCUT2D eigenvalue weighted by molar-refractivity contribution is -0.380. The van der Waals surface area contributed by atoms with Gasteiger partial charge in [0.1, 0.15) is 12.4 Å². The molecule has 118 valence electrons. The van der Waals surface area contributed by atoms with Crippen molar-refractivity contribution in [1.82, 2.24) is 0 Å². The molecule has 0 radical (unpaired) electrons. The third-order valence-corrected chi connectivity index (χ3v) is 4.75. The minimum Gasteiger partial charge on any atom is -0.488 e. The number of aliphatic hydroxyl groups is 1. The van der Waals surface area contributed by atoms with Crippen molar-refractivity contribution in [2.75, 3.05) is 19.0 Å². The summed E-state index contributed by atoms with van der Waals surface area (Å²) < 4.78 is 16.4. The number of hydrogen-bond acceptors (Lipinski definition) is 5. The molecule has 0 amide bonds. The molecule has 0 spiro atoms. The van der Waals surface area contributed by atoms with Gasteiger partial charge in [0.15, 0.2) is 12.6 Å². The lowest BCUT2D eigenvalue weighted by Gasteiger charge is -2.33. The van der Waals surface area contributed by atoms with E-state index in [0.29, 0.717) is 12.5 Å². The van der Waals surface area contributed by atoms with Gasteiger partial charge in [-0.3, -0.25) is 0 Å². The first-order valence-electron chi connectivity index (χ1n) is 7.40. The van der Waals surface area contributed by atoms with E-state index < -0.39 is 0 Å². The van der Waals surface area contributed by atoms with Gasteiger partial charge >= 0.3 is 0 Å². The lowest BCUT2D eigenvalue weighted by Crippen LogP contribution is -2.42. The Morgan fingerprint density at radius 1 is 1.38 bits per heavy atom. The molecular weight excluding hydrogens is 288 g/mol. The summed E-state index contributed by atoms with van der Waals surface area (Å²) in [7, 11) is 0. The zero-order valence-electron chi connectivity index (χ0n) is 12.9. The van der Waals surface area contributed by atoms with Crippen LogP contribution in [0, 0.1) is 12.8 Å². The van der Waals surface area contributed by atoms with Crippen LogP contribution in [0.15, 0.2) is 23.1 Å². The Hall–Kier alpha value is -0.750. The molecule has 0 saturated carbocycles. The summed E-state index contributed by atoms with van der Waals surface area (Å²) >= 11 is 1.78. The van der Waals surface area contributed by atoms with Crippen LogP contribution in [0.3, 0.4) is 0 Å². The van der Waals surface area contributed by atoms with Crippen molar-refractivity contribution < 1.29 is 19.3 Å². The quantitative estimate of drug-likeness (QED) is 0.747. The molecule has 5 heteroatoms. The molecule has 1 saturated heterocycles. The van der Waals surface area contributed by atoms with Crippen LogP contribution < -0.4 is 4.74 Å². The third kappa shape index (κ3) is 4.88. The predicted octanol–water partition coefficient (Wildman–Crippen LogP) is 3.20. The van der Waals surface area contributed by atoms with Crippen molar-refractivity contribution in [3.8, 4) is 5.75 Å². The molecule has 21 heavy (non-hydrogen) atoms. The Morgan fingerprint density at radius 3 is 2.71 bits per heavy atom. The number of hydrogen-bond donors (Lipinski definition) is 1. The fourth-order valence-corrected chi connectivity index (χ4v) is 3.26. The summed E-state index contributed by atoms with van der Waals surface area (Å²) in [6.45, 7) is 6.68. The van der Waals surface area contributed by atoms with E-state index in [0.717, 1.165) is 23.5 Å². The van der Waals surface area contributed by atoms with Gasteiger partial charge in [0, 0.05) is 17.3 Å². The molecular formula is C16H24O4S. The highest BCUT2D eigenvalue weighted by molar-refractivity contribution is 7.99. The van der Waals surface area contributed by atoms with E-state index in [9.17, 15) is 5.11 Å². The van der Waals surface area contributed by atoms with Crippen LogP contribution in [0.5, 0.6) is 5.75 Å². The fourth-order valence-electron chi connectivity index (χ4n) is 2.06. The molecule has 1 fully saturated rings. The van der Waals surface area contributed by atoms with Gasteiger partial charge < -0.3 is 19.3 Å². The Kier molecular flexibility index (Phi) is 6.36. The van der Waals surface area contributed by atoms with Gasteiger partial charge in [0.05, 0.1) is 0 Å². The van der Waals surface area contributed by atoms with Crippen molar-refractivity contribution in [3.05, 3.63) is 23.8 Å². The topological polar surface area (TPSA) is 47.9 Å². The maximum absolute atomic E-state index is 9.22. The molecule has 1 aromatic rings. The van der Waals surface area contributed by atoms with E-state index in [2.05, 4.69) is 19.1 Å². The molecule has 0 aromatic heterocycles. The largest absolute Gasteiger partial charge is 0.488 e. The van der Waals surface area contributed by atoms with E-state index in [-0.39, 0.29) is 19.2 Å². The number of ether oxygens (including phenoxy) is 3. The average molecular weight is 312 g/mol. The van der Waals surface area contributed by atoms with Gasteiger partial charge in [-0.25, -0.2) is 0 Å². The number of aryl methyl sites for hydroxylation is 1. The lowest BCUT2D eigenvalue weighted by atomic mass is 10.1. The highest BCUT2D eigenvalue weighted by atomic mass is 32.2. The summed E-state index contributed by atoms with van der Waals surface area (Å²) in [6.07, 6.45) is 0.642. The molecule has 1 N–H and O–H groups in total. The van der Waals surface area contributed by atoms with E-state index >= 15 is 0 Å². The predicted molar refractivity (Wildman–Crippen MR) is 83.7 cm³/mol. The van der Waals surface area contributed by atoms with Gasteiger partial charge in [0.2, 0.25) is 0 Å². The summed E-state index contributed by atoms with van der Waals surface area (Å²) in [4.78, 5) is 1.21. The first kappa shape index (κ1) is 16.6. The van der Waals surface area contributed by atoms with Crippen LogP contribution in [0.2, 0.25) is 0 Å². The molecule has 4 nitrogen and oxygen atoms in total. The SMILES string of the molecule is CC[C@H](CO)CSc1ccc(OCC2OC(C)O2)c(C)c1. The molecule has 0 aliphatic carbocycles. The Morgan fingerprint density at radius 2 is 2.14 bits per heavy atom. The molecule has 1 heterocycles. The zero-order valence-corrected chi connectivity index (χ0v) is 13.7. The van der Waals surface area contributed by atoms with E-state index in [1.54, 1.807) is 11.8 Å². The van der Waals surface area contributed by atoms with Gasteiger partial charge in [-0.15, -0.1) is 11.8 Å². The highest BCUT2D eigenvalue weighted by Gasteiger charge is 2.27. The summed E-state index contributed by atoms with van der Waals surface area (Å²) in [5, 5.41) is 9.22. The highest BCUT2D eigenvalue weighted by Crippen LogP contribution is 2.28. The van der Waals surface area contributed by atoms with Gasteiger partial charge in [-0.2, -0.15) is 0 Å². The Balaban J connectivity index is 1.82. The Labute approximate surface area is 130 Å². The van der Waals surface area contributed by atoms with E-state index in [1.807, 2.05) is 19.9 Å². The van der Waals surface area contributed by atoms with Crippen LogP contribution in [0.1, 0.15) is 25.8 Å². The molecule has 1 aromatic carbocycles. The van der Waals surface area contributed by atoms with Gasteiger partial charge in [0.25, 0.3) is 0 Å². The molecule has 2 rings (SSSR count). The van der Waals surface area contributed by atoms with Crippen LogP contribution in [0.25, 0.3) is 0 Å². The smallest absolute Gasteiger partial charge is 0.197 e. The monoisotopic (exact) mass is 312 g/mol. The standard InChI is InChI=1S/C16H24O4S/c1-4-13(8-17)10-21-14-5-6-15(11(2)7-14)18-9-16-19-12(3)20-16/h5-7,12-13,16-17H,4,8-10H2,1-3H3/t12?,13-,16?/m1/s1. The molecule has 0 bridgehead atoms. The van der Waals surface area contributed by atoms with E-state index in [1.165, 1.54) is 4.90 Å². The first-order chi connectivity index (χ1) is 10.1. The van der Waals surface area contributed by atoms with Crippen LogP contribution in [-0.4, -0.2) is 36.7 Å². The second-order valence-electron chi connectivity index (χ2n) is 5.28. The number of benzene rings is 1. The van der Waals surface area contributed by atoms with E-state index in [4.69, 9.17) is 14.2 Å². The molecule has 1 aliphatic rings. The summed E-state index contributed by atoms with van der Waals surface area (Å²) in [6, 6.07) is 6.16. The maximum atomic E-state index is 9.22. The maximum Gasteiger partial charge on any atom is 0.197 e. The number of aliphatic hydroxyl groups excluding tert-OH is 1. The van der Waals surface area contributed by atoms with Crippen LogP contribution in [-0.2, 0) is 9.47 Å². The summed E-state index contributed by atoms with van der Waals surface area (Å²) in [5.74, 6) is 2.16. The first-order valence-corrected chi connectivity index (χ1v) is 8.39. The van der Waals surface area contributed by atoms with Crippen molar-refractivity contribution >= 4 is 11.8 Å². The molecule has 1 aliphatic heterocycles. The van der Waals surface area contributed by atoms with Gasteiger partial charge in [-0.1, -0.05) is 13.3 Å². The van der Waals surface area contributed by atoms with Crippen LogP contribution in [0.4, 0.5) is 0 Å². The summed E-state index contributed by atoms with van der Waals surface area (Å²) in [5.41, 5.74) is 1.10.